The third-order valence-corrected chi connectivity index (χ3v) is 4.27. The summed E-state index contributed by atoms with van der Waals surface area (Å²) in [7, 11) is 0. The van der Waals surface area contributed by atoms with Gasteiger partial charge in [-0.2, -0.15) is 0 Å². The van der Waals surface area contributed by atoms with E-state index in [9.17, 15) is 0 Å². The number of hydrogen-bond donors (Lipinski definition) is 2. The van der Waals surface area contributed by atoms with Gasteiger partial charge in [0.15, 0.2) is 4.80 Å². The molecule has 0 aromatic rings. The summed E-state index contributed by atoms with van der Waals surface area (Å²) < 4.78 is 2.28. The van der Waals surface area contributed by atoms with Crippen LogP contribution in [0.15, 0.2) is 23.2 Å². The molecular weight excluding hydrogens is 268 g/mol. The van der Waals surface area contributed by atoms with Crippen molar-refractivity contribution in [3.63, 3.8) is 0 Å². The molecule has 0 spiro atoms. The molecule has 0 unspecified atom stereocenters. The van der Waals surface area contributed by atoms with Gasteiger partial charge in [0.25, 0.3) is 0 Å². The summed E-state index contributed by atoms with van der Waals surface area (Å²) in [4.78, 5) is 7.03. The first-order valence-electron chi connectivity index (χ1n) is 6.96. The van der Waals surface area contributed by atoms with Crippen LogP contribution in [-0.2, 0) is 6.54 Å². The van der Waals surface area contributed by atoms with Crippen molar-refractivity contribution in [2.45, 2.75) is 39.3 Å². The summed E-state index contributed by atoms with van der Waals surface area (Å²) in [5.41, 5.74) is 1.10. The summed E-state index contributed by atoms with van der Waals surface area (Å²) in [6.45, 7) is 8.36. The summed E-state index contributed by atoms with van der Waals surface area (Å²) >= 11 is 1.68. The number of benzene rings is 1. The molecule has 3 aliphatic rings. The summed E-state index contributed by atoms with van der Waals surface area (Å²) in [6.07, 6.45) is 1.12. The number of nitrogens with zero attached hydrogens (tertiary/aromatic N) is 2. The van der Waals surface area contributed by atoms with E-state index in [0.717, 1.165) is 35.0 Å². The Morgan fingerprint density at radius 3 is 2.90 bits per heavy atom. The molecule has 1 aliphatic carbocycles. The molecule has 0 saturated heterocycles. The molecular formula is C15H20N4S. The van der Waals surface area contributed by atoms with Crippen molar-refractivity contribution in [2.24, 2.45) is 4.99 Å². The Kier molecular flexibility index (Phi) is 3.17. The molecule has 0 saturated carbocycles. The Hall–Kier alpha value is -1.62. The molecule has 0 bridgehead atoms. The molecule has 2 N–H and O–H groups in total. The number of rotatable bonds is 0. The van der Waals surface area contributed by atoms with E-state index >= 15 is 0 Å². The van der Waals surface area contributed by atoms with Gasteiger partial charge in [-0.05, 0) is 45.4 Å². The zero-order valence-corrected chi connectivity index (χ0v) is 13.0. The molecule has 0 radical (unpaired) electrons. The number of fused-ring (bicyclic) bond motifs is 3. The van der Waals surface area contributed by atoms with Gasteiger partial charge in [0.2, 0.25) is 0 Å². The molecule has 0 amide bonds. The van der Waals surface area contributed by atoms with Crippen LogP contribution >= 0.6 is 11.3 Å². The lowest BCUT2D eigenvalue weighted by Gasteiger charge is -2.25. The quantitative estimate of drug-likeness (QED) is 0.769. The number of aromatic nitrogens is 1. The van der Waals surface area contributed by atoms with Gasteiger partial charge in [-0.15, -0.1) is 0 Å². The average molecular weight is 288 g/mol. The van der Waals surface area contributed by atoms with Crippen molar-refractivity contribution in [2.75, 3.05) is 11.9 Å². The first-order valence-corrected chi connectivity index (χ1v) is 7.78. The number of nitrogens with one attached hydrogen (secondary N) is 2. The highest BCUT2D eigenvalue weighted by Crippen LogP contribution is 2.31. The van der Waals surface area contributed by atoms with Gasteiger partial charge < -0.3 is 15.3 Å². The van der Waals surface area contributed by atoms with Gasteiger partial charge >= 0.3 is 0 Å². The van der Waals surface area contributed by atoms with Gasteiger partial charge in [0.1, 0.15) is 5.82 Å². The first-order chi connectivity index (χ1) is 9.44. The van der Waals surface area contributed by atoms with Gasteiger partial charge in [0.05, 0.1) is 10.9 Å². The Labute approximate surface area is 122 Å². The standard InChI is InChI=1S/C15H20N4S/c1-15(2,3)18-14-19-8-4-7-17-13(19)11-6-5-10(16)9-12(11)20-14/h5-6,9,16-17H,4,7-8H2,1-3H3. The predicted octanol–water partition coefficient (Wildman–Crippen LogP) is 2.65. The normalized spacial score (nSPS) is 16.1. The molecule has 106 valence electrons. The van der Waals surface area contributed by atoms with E-state index in [1.807, 2.05) is 18.2 Å². The first kappa shape index (κ1) is 13.4. The Morgan fingerprint density at radius 2 is 2.15 bits per heavy atom. The van der Waals surface area contributed by atoms with Crippen molar-refractivity contribution in [3.8, 4) is 10.4 Å². The van der Waals surface area contributed by atoms with Crippen LogP contribution in [0.5, 0.6) is 0 Å². The highest BCUT2D eigenvalue weighted by Gasteiger charge is 2.18. The van der Waals surface area contributed by atoms with Crippen LogP contribution in [0.2, 0.25) is 0 Å². The largest absolute Gasteiger partial charge is 0.371 e. The van der Waals surface area contributed by atoms with E-state index in [-0.39, 0.29) is 5.54 Å². The van der Waals surface area contributed by atoms with E-state index in [1.54, 1.807) is 11.3 Å². The second-order valence-electron chi connectivity index (χ2n) is 6.16. The van der Waals surface area contributed by atoms with Crippen LogP contribution in [0, 0.1) is 5.41 Å². The molecule has 2 aliphatic heterocycles. The Bertz CT molecular complexity index is 733. The fourth-order valence-electron chi connectivity index (χ4n) is 2.41. The third-order valence-electron chi connectivity index (χ3n) is 3.22. The number of anilines is 1. The highest BCUT2D eigenvalue weighted by atomic mass is 32.1. The smallest absolute Gasteiger partial charge is 0.187 e. The van der Waals surface area contributed by atoms with Crippen molar-refractivity contribution >= 4 is 17.2 Å². The maximum atomic E-state index is 7.82. The zero-order valence-electron chi connectivity index (χ0n) is 12.2. The SMILES string of the molecule is CC(C)(C)N=c1sc2cc(=N)ccc-2c2n1CCCN2. The molecule has 20 heavy (non-hydrogen) atoms. The summed E-state index contributed by atoms with van der Waals surface area (Å²) in [5, 5.41) is 11.9. The van der Waals surface area contributed by atoms with Crippen molar-refractivity contribution < 1.29 is 0 Å². The van der Waals surface area contributed by atoms with Crippen LogP contribution in [0.3, 0.4) is 0 Å². The maximum Gasteiger partial charge on any atom is 0.187 e. The van der Waals surface area contributed by atoms with Crippen LogP contribution in [0.4, 0.5) is 5.82 Å². The minimum atomic E-state index is -0.0963. The molecule has 0 aromatic heterocycles. The summed E-state index contributed by atoms with van der Waals surface area (Å²) in [6, 6.07) is 5.82. The Morgan fingerprint density at radius 1 is 1.35 bits per heavy atom. The zero-order chi connectivity index (χ0) is 14.3. The summed E-state index contributed by atoms with van der Waals surface area (Å²) in [5.74, 6) is 1.15. The minimum Gasteiger partial charge on any atom is -0.371 e. The average Bonchev–Trinajstić information content (AvgIpc) is 2.36. The van der Waals surface area contributed by atoms with E-state index < -0.39 is 0 Å². The second kappa shape index (κ2) is 4.74. The second-order valence-corrected chi connectivity index (χ2v) is 7.17. The maximum absolute atomic E-state index is 7.82. The van der Waals surface area contributed by atoms with Gasteiger partial charge in [-0.3, -0.25) is 4.99 Å². The highest BCUT2D eigenvalue weighted by molar-refractivity contribution is 7.12. The fraction of sp³-hybridized carbons (Fsp3) is 0.467. The lowest BCUT2D eigenvalue weighted by molar-refractivity contribution is 0.537. The lowest BCUT2D eigenvalue weighted by atomic mass is 10.1. The van der Waals surface area contributed by atoms with Crippen LogP contribution < -0.4 is 15.5 Å². The molecule has 3 rings (SSSR count). The van der Waals surface area contributed by atoms with Gasteiger partial charge in [0, 0.05) is 23.5 Å². The topological polar surface area (TPSA) is 53.2 Å². The molecule has 2 heterocycles. The van der Waals surface area contributed by atoms with Gasteiger partial charge in [-0.1, -0.05) is 11.3 Å². The van der Waals surface area contributed by atoms with Gasteiger partial charge in [-0.25, -0.2) is 0 Å². The van der Waals surface area contributed by atoms with E-state index in [1.165, 1.54) is 5.56 Å². The number of hydrogen-bond acceptors (Lipinski definition) is 4. The van der Waals surface area contributed by atoms with Crippen LogP contribution in [0.25, 0.3) is 10.4 Å². The Balaban J connectivity index is 2.38. The van der Waals surface area contributed by atoms with Crippen LogP contribution in [-0.4, -0.2) is 16.7 Å². The fourth-order valence-corrected chi connectivity index (χ4v) is 3.68. The monoisotopic (exact) mass is 288 g/mol. The van der Waals surface area contributed by atoms with Crippen molar-refractivity contribution in [3.05, 3.63) is 28.4 Å². The third kappa shape index (κ3) is 2.50. The van der Waals surface area contributed by atoms with E-state index in [0.29, 0.717) is 5.36 Å². The van der Waals surface area contributed by atoms with Crippen molar-refractivity contribution in [1.29, 1.82) is 5.41 Å². The van der Waals surface area contributed by atoms with E-state index in [2.05, 4.69) is 30.7 Å². The van der Waals surface area contributed by atoms with Crippen LogP contribution in [0.1, 0.15) is 27.2 Å². The minimum absolute atomic E-state index is 0.0963. The van der Waals surface area contributed by atoms with Crippen molar-refractivity contribution in [1.82, 2.24) is 4.57 Å². The molecule has 4 nitrogen and oxygen atoms in total. The molecule has 0 fully saturated rings. The molecule has 5 heteroatoms. The van der Waals surface area contributed by atoms with E-state index in [4.69, 9.17) is 10.4 Å². The molecule has 0 aromatic carbocycles. The molecule has 0 atom stereocenters. The lowest BCUT2D eigenvalue weighted by Crippen LogP contribution is -2.31. The predicted molar refractivity (Wildman–Crippen MR) is 83.2 cm³/mol.